The minimum Gasteiger partial charge on any atom is -0.488 e. The Morgan fingerprint density at radius 1 is 1.17 bits per heavy atom. The van der Waals surface area contributed by atoms with Gasteiger partial charge in [0.15, 0.2) is 5.75 Å². The number of hydrogen-bond donors (Lipinski definition) is 1. The molecule has 1 aromatic carbocycles. The Kier molecular flexibility index (Phi) is 6.08. The molecule has 36 heavy (non-hydrogen) atoms. The molecule has 0 bridgehead atoms. The van der Waals surface area contributed by atoms with E-state index in [1.165, 1.54) is 0 Å². The number of nitrogens with one attached hydrogen (secondary N) is 1. The molecule has 10 heteroatoms. The molecule has 1 atom stereocenters. The Morgan fingerprint density at radius 2 is 2.00 bits per heavy atom. The predicted molar refractivity (Wildman–Crippen MR) is 146 cm³/mol. The summed E-state index contributed by atoms with van der Waals surface area (Å²) in [5.74, 6) is 1.22. The lowest BCUT2D eigenvalue weighted by Crippen LogP contribution is -2.71. The first-order valence-electron chi connectivity index (χ1n) is 12.0. The highest BCUT2D eigenvalue weighted by Crippen LogP contribution is 2.40. The fourth-order valence-electron chi connectivity index (χ4n) is 5.64. The van der Waals surface area contributed by atoms with Crippen molar-refractivity contribution in [3.8, 4) is 17.0 Å². The molecular formula is C26H28ClN6O2P. The Hall–Kier alpha value is -2.77. The van der Waals surface area contributed by atoms with Gasteiger partial charge < -0.3 is 19.9 Å². The van der Waals surface area contributed by atoms with Crippen molar-refractivity contribution in [2.75, 3.05) is 63.1 Å². The number of hydrogen-bond acceptors (Lipinski definition) is 7. The van der Waals surface area contributed by atoms with Crippen LogP contribution in [0.2, 0.25) is 5.02 Å². The molecule has 3 aliphatic heterocycles. The van der Waals surface area contributed by atoms with E-state index in [2.05, 4.69) is 46.3 Å². The lowest BCUT2D eigenvalue weighted by molar-refractivity contribution is -0.130. The normalized spacial score (nSPS) is 18.7. The van der Waals surface area contributed by atoms with Crippen molar-refractivity contribution >= 4 is 49.2 Å². The van der Waals surface area contributed by atoms with Gasteiger partial charge >= 0.3 is 0 Å². The second kappa shape index (κ2) is 9.27. The molecule has 0 saturated carbocycles. The molecule has 1 unspecified atom stereocenters. The minimum atomic E-state index is -0.0371. The number of carbonyl (C=O) groups excluding carboxylic acids is 1. The number of anilines is 3. The summed E-state index contributed by atoms with van der Waals surface area (Å²) in [4.78, 5) is 28.4. The topological polar surface area (TPSA) is 73.8 Å². The fraction of sp³-hybridized carbons (Fsp3) is 0.346. The maximum Gasteiger partial charge on any atom is 0.239 e. The van der Waals surface area contributed by atoms with Gasteiger partial charge in [-0.05, 0) is 36.6 Å². The number of aromatic nitrogens is 2. The van der Waals surface area contributed by atoms with Gasteiger partial charge in [0.1, 0.15) is 12.4 Å². The van der Waals surface area contributed by atoms with E-state index >= 15 is 0 Å². The fourth-order valence-corrected chi connectivity index (χ4v) is 6.14. The van der Waals surface area contributed by atoms with E-state index in [1.54, 1.807) is 12.4 Å². The maximum atomic E-state index is 12.7. The Balaban J connectivity index is 1.19. The summed E-state index contributed by atoms with van der Waals surface area (Å²) in [6.07, 6.45) is 3.48. The monoisotopic (exact) mass is 522 g/mol. The van der Waals surface area contributed by atoms with Gasteiger partial charge in [-0.3, -0.25) is 14.7 Å². The van der Waals surface area contributed by atoms with E-state index in [4.69, 9.17) is 16.3 Å². The number of fused-ring (bicyclic) bond motifs is 1. The molecule has 1 spiro atoms. The standard InChI is InChI=1S/C26H28ClN6O2P/c1-31-13-26(14-31)15-32(16-26)12-25(34)30-24-9-18(4-5-28-24)33-6-7-35-22-11-29-20(10-21(22)33)19-8-17(27)2-3-23(19)36/h2-5,8-11H,6-7,12-16,36H2,1H3,(H,28,30,34). The summed E-state index contributed by atoms with van der Waals surface area (Å²) >= 11 is 6.25. The minimum absolute atomic E-state index is 0.0371. The van der Waals surface area contributed by atoms with Crippen LogP contribution in [-0.2, 0) is 4.79 Å². The molecule has 1 amide bonds. The molecule has 3 aromatic rings. The van der Waals surface area contributed by atoms with Crippen molar-refractivity contribution < 1.29 is 9.53 Å². The third kappa shape index (κ3) is 4.55. The molecule has 1 N–H and O–H groups in total. The van der Waals surface area contributed by atoms with Gasteiger partial charge in [-0.1, -0.05) is 17.7 Å². The first kappa shape index (κ1) is 23.6. The van der Waals surface area contributed by atoms with Crippen LogP contribution >= 0.6 is 20.8 Å². The van der Waals surface area contributed by atoms with Gasteiger partial charge in [0.25, 0.3) is 0 Å². The van der Waals surface area contributed by atoms with Gasteiger partial charge in [-0.25, -0.2) is 4.98 Å². The smallest absolute Gasteiger partial charge is 0.239 e. The van der Waals surface area contributed by atoms with E-state index < -0.39 is 0 Å². The number of likely N-dealkylation sites (tertiary alicyclic amines) is 2. The number of pyridine rings is 2. The number of halogens is 1. The summed E-state index contributed by atoms with van der Waals surface area (Å²) in [5.41, 5.74) is 4.01. The van der Waals surface area contributed by atoms with Crippen molar-refractivity contribution in [2.45, 2.75) is 0 Å². The Morgan fingerprint density at radius 3 is 2.81 bits per heavy atom. The number of amides is 1. The average Bonchev–Trinajstić information content (AvgIpc) is 2.83. The van der Waals surface area contributed by atoms with Crippen LogP contribution in [0.25, 0.3) is 11.3 Å². The highest BCUT2D eigenvalue weighted by molar-refractivity contribution is 7.28. The first-order chi connectivity index (χ1) is 17.4. The molecule has 8 nitrogen and oxygen atoms in total. The van der Waals surface area contributed by atoms with Crippen LogP contribution in [0.1, 0.15) is 0 Å². The summed E-state index contributed by atoms with van der Waals surface area (Å²) in [6.45, 7) is 5.83. The zero-order valence-electron chi connectivity index (χ0n) is 20.1. The van der Waals surface area contributed by atoms with Crippen molar-refractivity contribution in [3.05, 3.63) is 53.8 Å². The summed E-state index contributed by atoms with van der Waals surface area (Å²) < 4.78 is 5.89. The van der Waals surface area contributed by atoms with Gasteiger partial charge in [0.2, 0.25) is 5.91 Å². The Labute approximate surface area is 217 Å². The van der Waals surface area contributed by atoms with Crippen LogP contribution in [0.15, 0.2) is 48.8 Å². The van der Waals surface area contributed by atoms with Crippen LogP contribution < -0.4 is 20.3 Å². The molecule has 0 aliphatic carbocycles. The number of carbonyl (C=O) groups is 1. The second-order valence-corrected chi connectivity index (χ2v) is 11.1. The zero-order chi connectivity index (χ0) is 24.9. The van der Waals surface area contributed by atoms with Crippen LogP contribution in [0, 0.1) is 5.41 Å². The van der Waals surface area contributed by atoms with Crippen molar-refractivity contribution in [1.82, 2.24) is 19.8 Å². The van der Waals surface area contributed by atoms with Crippen LogP contribution in [0.3, 0.4) is 0 Å². The lowest BCUT2D eigenvalue weighted by Gasteiger charge is -2.59. The van der Waals surface area contributed by atoms with Crippen molar-refractivity contribution in [2.24, 2.45) is 5.41 Å². The SMILES string of the molecule is CN1CC2(C1)CN(CC(=O)Nc1cc(N3CCOc4cnc(-c5cc(Cl)ccc5P)cc43)ccn1)C2. The zero-order valence-corrected chi connectivity index (χ0v) is 22.0. The van der Waals surface area contributed by atoms with Gasteiger partial charge in [-0.2, -0.15) is 0 Å². The number of benzene rings is 1. The number of ether oxygens (including phenoxy) is 1. The molecule has 6 rings (SSSR count). The Bertz CT molecular complexity index is 1320. The highest BCUT2D eigenvalue weighted by Gasteiger charge is 2.50. The highest BCUT2D eigenvalue weighted by atomic mass is 35.5. The molecule has 186 valence electrons. The molecule has 3 aliphatic rings. The molecule has 0 radical (unpaired) electrons. The molecule has 2 saturated heterocycles. The van der Waals surface area contributed by atoms with Gasteiger partial charge in [0, 0.05) is 60.1 Å². The summed E-state index contributed by atoms with van der Waals surface area (Å²) in [6, 6.07) is 11.6. The largest absolute Gasteiger partial charge is 0.488 e. The quantitative estimate of drug-likeness (QED) is 0.516. The third-order valence-electron chi connectivity index (χ3n) is 7.02. The first-order valence-corrected chi connectivity index (χ1v) is 13.0. The third-order valence-corrected chi connectivity index (χ3v) is 7.76. The van der Waals surface area contributed by atoms with E-state index in [1.807, 2.05) is 36.4 Å². The number of rotatable bonds is 5. The van der Waals surface area contributed by atoms with Crippen molar-refractivity contribution in [3.63, 3.8) is 0 Å². The van der Waals surface area contributed by atoms with Gasteiger partial charge in [0.05, 0.1) is 30.7 Å². The molecule has 2 aromatic heterocycles. The second-order valence-electron chi connectivity index (χ2n) is 10.0. The maximum absolute atomic E-state index is 12.7. The molecule has 5 heterocycles. The van der Waals surface area contributed by atoms with Gasteiger partial charge in [-0.15, -0.1) is 9.24 Å². The van der Waals surface area contributed by atoms with Crippen molar-refractivity contribution in [1.29, 1.82) is 0 Å². The van der Waals surface area contributed by atoms with E-state index in [9.17, 15) is 4.79 Å². The average molecular weight is 523 g/mol. The van der Waals surface area contributed by atoms with Crippen LogP contribution in [0.4, 0.5) is 17.2 Å². The molecular weight excluding hydrogens is 495 g/mol. The number of nitrogens with zero attached hydrogens (tertiary/aromatic N) is 5. The predicted octanol–water partition coefficient (Wildman–Crippen LogP) is 3.01. The summed E-state index contributed by atoms with van der Waals surface area (Å²) in [5, 5.41) is 4.65. The summed E-state index contributed by atoms with van der Waals surface area (Å²) in [7, 11) is 4.88. The van der Waals surface area contributed by atoms with E-state index in [0.29, 0.717) is 41.7 Å². The van der Waals surface area contributed by atoms with Crippen LogP contribution in [-0.4, -0.2) is 78.6 Å². The lowest BCUT2D eigenvalue weighted by atomic mass is 9.73. The molecule has 2 fully saturated rings. The van der Waals surface area contributed by atoms with E-state index in [-0.39, 0.29) is 5.91 Å². The van der Waals surface area contributed by atoms with E-state index in [0.717, 1.165) is 54.1 Å². The van der Waals surface area contributed by atoms with Crippen LogP contribution in [0.5, 0.6) is 5.75 Å².